The second kappa shape index (κ2) is 10.8. The third-order valence-electron chi connectivity index (χ3n) is 4.92. The van der Waals surface area contributed by atoms with Crippen LogP contribution in [0.4, 0.5) is 4.79 Å². The van der Waals surface area contributed by atoms with E-state index < -0.39 is 12.1 Å². The van der Waals surface area contributed by atoms with Gasteiger partial charge in [0, 0.05) is 12.0 Å². The third kappa shape index (κ3) is 6.31. The lowest BCUT2D eigenvalue weighted by Gasteiger charge is -2.18. The van der Waals surface area contributed by atoms with Gasteiger partial charge in [-0.2, -0.15) is 0 Å². The summed E-state index contributed by atoms with van der Waals surface area (Å²) in [7, 11) is 0. The van der Waals surface area contributed by atoms with Crippen molar-refractivity contribution in [3.63, 3.8) is 0 Å². The van der Waals surface area contributed by atoms with Gasteiger partial charge < -0.3 is 15.6 Å². The lowest BCUT2D eigenvalue weighted by Crippen LogP contribution is -2.15. The molecule has 0 fully saturated rings. The van der Waals surface area contributed by atoms with Crippen molar-refractivity contribution in [1.29, 1.82) is 0 Å². The van der Waals surface area contributed by atoms with Crippen molar-refractivity contribution in [3.05, 3.63) is 107 Å². The van der Waals surface area contributed by atoms with Crippen LogP contribution in [0.25, 0.3) is 11.1 Å². The summed E-state index contributed by atoms with van der Waals surface area (Å²) in [5.41, 5.74) is 11.0. The van der Waals surface area contributed by atoms with E-state index in [4.69, 9.17) is 15.6 Å². The molecule has 0 bridgehead atoms. The number of aryl methyl sites for hydroxylation is 1. The first kappa shape index (κ1) is 21.8. The topological polar surface area (TPSA) is 89.6 Å². The number of carboxylic acid groups (broad SMARTS) is 1. The number of hydrogen-bond acceptors (Lipinski definition) is 3. The fourth-order valence-corrected chi connectivity index (χ4v) is 3.53. The Morgan fingerprint density at radius 3 is 2.03 bits per heavy atom. The minimum atomic E-state index is -0.830. The van der Waals surface area contributed by atoms with Crippen molar-refractivity contribution >= 4 is 23.2 Å². The highest BCUT2D eigenvalue weighted by Crippen LogP contribution is 2.33. The number of carbonyl (C=O) groups excluding carboxylic acids is 1. The maximum atomic E-state index is 11.4. The molecular formula is C26H25NO4. The summed E-state index contributed by atoms with van der Waals surface area (Å²) in [6, 6.07) is 27.7. The van der Waals surface area contributed by atoms with E-state index in [1.807, 2.05) is 78.9 Å². The van der Waals surface area contributed by atoms with Crippen LogP contribution < -0.4 is 5.73 Å². The van der Waals surface area contributed by atoms with E-state index in [9.17, 15) is 9.59 Å². The predicted molar refractivity (Wildman–Crippen MR) is 121 cm³/mol. The van der Waals surface area contributed by atoms with Gasteiger partial charge in [0.15, 0.2) is 0 Å². The average Bonchev–Trinajstić information content (AvgIpc) is 2.77. The van der Waals surface area contributed by atoms with Crippen molar-refractivity contribution in [2.75, 3.05) is 6.61 Å². The van der Waals surface area contributed by atoms with E-state index in [1.54, 1.807) is 0 Å². The van der Waals surface area contributed by atoms with Crippen molar-refractivity contribution in [3.8, 4) is 0 Å². The molecule has 3 aromatic rings. The molecule has 0 heterocycles. The van der Waals surface area contributed by atoms with Gasteiger partial charge in [0.25, 0.3) is 0 Å². The Kier molecular flexibility index (Phi) is 7.60. The number of nitrogens with two attached hydrogens (primary N) is 1. The molecule has 0 radical (unpaired) electrons. The van der Waals surface area contributed by atoms with Gasteiger partial charge in [0.05, 0.1) is 0 Å². The van der Waals surface area contributed by atoms with Crippen molar-refractivity contribution < 1.29 is 19.4 Å². The molecule has 5 nitrogen and oxygen atoms in total. The number of ether oxygens (including phenoxy) is 1. The second-order valence-electron chi connectivity index (χ2n) is 7.14. The first-order valence-electron chi connectivity index (χ1n) is 10.1. The van der Waals surface area contributed by atoms with Crippen molar-refractivity contribution in [1.82, 2.24) is 0 Å². The van der Waals surface area contributed by atoms with Gasteiger partial charge in [-0.1, -0.05) is 84.9 Å². The largest absolute Gasteiger partial charge is 0.481 e. The zero-order valence-electron chi connectivity index (χ0n) is 17.2. The van der Waals surface area contributed by atoms with Crippen molar-refractivity contribution in [2.45, 2.75) is 19.3 Å². The van der Waals surface area contributed by atoms with Crippen LogP contribution in [-0.2, 0) is 16.0 Å². The van der Waals surface area contributed by atoms with E-state index in [1.165, 1.54) is 0 Å². The van der Waals surface area contributed by atoms with Crippen LogP contribution in [-0.4, -0.2) is 23.8 Å². The zero-order chi connectivity index (χ0) is 22.1. The molecule has 31 heavy (non-hydrogen) atoms. The van der Waals surface area contributed by atoms with Crippen LogP contribution in [0.1, 0.15) is 35.1 Å². The van der Waals surface area contributed by atoms with E-state index in [2.05, 4.69) is 6.07 Å². The highest BCUT2D eigenvalue weighted by molar-refractivity contribution is 5.99. The molecule has 0 aliphatic heterocycles. The molecule has 0 aromatic heterocycles. The normalized spacial score (nSPS) is 11.5. The van der Waals surface area contributed by atoms with E-state index >= 15 is 0 Å². The maximum Gasteiger partial charge on any atom is 0.404 e. The molecule has 0 saturated carbocycles. The molecule has 0 saturated heterocycles. The molecule has 0 atom stereocenters. The minimum Gasteiger partial charge on any atom is -0.481 e. The fourth-order valence-electron chi connectivity index (χ4n) is 3.53. The summed E-state index contributed by atoms with van der Waals surface area (Å²) in [5, 5.41) is 8.93. The lowest BCUT2D eigenvalue weighted by molar-refractivity contribution is -0.137. The SMILES string of the molecule is NC(=O)OCC(=C(c1ccccc1)c1cccc(CCCC(=O)O)c1)c1ccccc1. The first-order valence-corrected chi connectivity index (χ1v) is 10.1. The quantitative estimate of drug-likeness (QED) is 0.473. The molecule has 3 N–H and O–H groups in total. The third-order valence-corrected chi connectivity index (χ3v) is 4.92. The monoisotopic (exact) mass is 415 g/mol. The molecule has 0 spiro atoms. The molecule has 0 aliphatic rings. The minimum absolute atomic E-state index is 0.0345. The number of carboxylic acids is 1. The molecule has 158 valence electrons. The fraction of sp³-hybridized carbons (Fsp3) is 0.154. The lowest BCUT2D eigenvalue weighted by atomic mass is 9.88. The Morgan fingerprint density at radius 2 is 1.42 bits per heavy atom. The number of benzene rings is 3. The predicted octanol–water partition coefficient (Wildman–Crippen LogP) is 5.15. The standard InChI is InChI=1S/C26H25NO4/c27-26(30)31-18-23(20-11-3-1-4-12-20)25(21-13-5-2-6-14-21)22-15-7-9-19(17-22)10-8-16-24(28)29/h1-7,9,11-15,17H,8,10,16,18H2,(H2,27,30)(H,28,29). The first-order chi connectivity index (χ1) is 15.0. The number of rotatable bonds is 9. The summed E-state index contributed by atoms with van der Waals surface area (Å²) in [6.45, 7) is 0.0345. The molecule has 5 heteroatoms. The van der Waals surface area contributed by atoms with Gasteiger partial charge in [-0.25, -0.2) is 4.79 Å². The van der Waals surface area contributed by atoms with Crippen LogP contribution >= 0.6 is 0 Å². The van der Waals surface area contributed by atoms with Crippen LogP contribution in [0.3, 0.4) is 0 Å². The van der Waals surface area contributed by atoms with E-state index in [0.717, 1.165) is 33.4 Å². The van der Waals surface area contributed by atoms with E-state index in [0.29, 0.717) is 12.8 Å². The summed E-state index contributed by atoms with van der Waals surface area (Å²) >= 11 is 0. The summed E-state index contributed by atoms with van der Waals surface area (Å²) in [6.07, 6.45) is 0.538. The Hall–Kier alpha value is -3.86. The summed E-state index contributed by atoms with van der Waals surface area (Å²) < 4.78 is 5.22. The smallest absolute Gasteiger partial charge is 0.404 e. The molecular weight excluding hydrogens is 390 g/mol. The van der Waals surface area contributed by atoms with Gasteiger partial charge in [0.2, 0.25) is 0 Å². The highest BCUT2D eigenvalue weighted by Gasteiger charge is 2.16. The molecule has 3 rings (SSSR count). The van der Waals surface area contributed by atoms with Gasteiger partial charge in [-0.05, 0) is 40.7 Å². The molecule has 0 aliphatic carbocycles. The molecule has 3 aromatic carbocycles. The van der Waals surface area contributed by atoms with E-state index in [-0.39, 0.29) is 13.0 Å². The number of carbonyl (C=O) groups is 2. The summed E-state index contributed by atoms with van der Waals surface area (Å²) in [5.74, 6) is -0.795. The van der Waals surface area contributed by atoms with Gasteiger partial charge in [0.1, 0.15) is 6.61 Å². The Balaban J connectivity index is 2.13. The highest BCUT2D eigenvalue weighted by atomic mass is 16.5. The zero-order valence-corrected chi connectivity index (χ0v) is 17.2. The Bertz CT molecular complexity index is 1060. The second-order valence-corrected chi connectivity index (χ2v) is 7.14. The van der Waals surface area contributed by atoms with Crippen LogP contribution in [0.2, 0.25) is 0 Å². The van der Waals surface area contributed by atoms with Gasteiger partial charge >= 0.3 is 12.1 Å². The Morgan fingerprint density at radius 1 is 0.806 bits per heavy atom. The number of amides is 1. The summed E-state index contributed by atoms with van der Waals surface area (Å²) in [4.78, 5) is 22.3. The van der Waals surface area contributed by atoms with Crippen molar-refractivity contribution in [2.24, 2.45) is 5.73 Å². The maximum absolute atomic E-state index is 11.4. The van der Waals surface area contributed by atoms with Crippen LogP contribution in [0.5, 0.6) is 0 Å². The number of primary amides is 1. The Labute approximate surface area is 181 Å². The van der Waals surface area contributed by atoms with Crippen LogP contribution in [0.15, 0.2) is 84.9 Å². The van der Waals surface area contributed by atoms with Crippen LogP contribution in [0, 0.1) is 0 Å². The van der Waals surface area contributed by atoms with Gasteiger partial charge in [-0.3, -0.25) is 4.79 Å². The molecule has 1 amide bonds. The van der Waals surface area contributed by atoms with Gasteiger partial charge in [-0.15, -0.1) is 0 Å². The number of hydrogen-bond donors (Lipinski definition) is 2. The average molecular weight is 415 g/mol. The number of aliphatic carboxylic acids is 1. The molecule has 0 unspecified atom stereocenters.